The molecule has 7 nitrogen and oxygen atoms in total. The molecule has 2 N–H and O–H groups in total. The number of carbonyl (C=O) groups is 2. The smallest absolute Gasteiger partial charge is 0.337 e. The van der Waals surface area contributed by atoms with Crippen molar-refractivity contribution in [2.24, 2.45) is 0 Å². The second kappa shape index (κ2) is 5.81. The first kappa shape index (κ1) is 15.1. The summed E-state index contributed by atoms with van der Waals surface area (Å²) >= 11 is 0. The Morgan fingerprint density at radius 2 is 2.00 bits per heavy atom. The third-order valence-corrected chi connectivity index (χ3v) is 3.81. The first-order chi connectivity index (χ1) is 8.77. The van der Waals surface area contributed by atoms with Crippen LogP contribution < -0.4 is 4.72 Å². The van der Waals surface area contributed by atoms with Crippen molar-refractivity contribution in [1.82, 2.24) is 4.72 Å². The molecule has 1 rings (SSSR count). The van der Waals surface area contributed by atoms with Crippen molar-refractivity contribution in [3.8, 4) is 0 Å². The number of ether oxygens (including phenoxy) is 1. The molecule has 104 valence electrons. The normalized spacial score (nSPS) is 12.7. The third-order valence-electron chi connectivity index (χ3n) is 2.27. The zero-order valence-corrected chi connectivity index (χ0v) is 11.1. The number of carboxylic acids is 1. The van der Waals surface area contributed by atoms with Gasteiger partial charge in [-0.15, -0.1) is 0 Å². The largest absolute Gasteiger partial charge is 0.480 e. The minimum Gasteiger partial charge on any atom is -0.480 e. The van der Waals surface area contributed by atoms with Gasteiger partial charge in [-0.1, -0.05) is 6.07 Å². The topological polar surface area (TPSA) is 110 Å². The molecule has 0 bridgehead atoms. The van der Waals surface area contributed by atoms with Crippen LogP contribution in [0.15, 0.2) is 29.2 Å². The lowest BCUT2D eigenvalue weighted by atomic mass is 10.2. The molecule has 0 aromatic heterocycles. The van der Waals surface area contributed by atoms with Gasteiger partial charge in [0.1, 0.15) is 6.04 Å². The molecule has 1 atom stereocenters. The number of methoxy groups -OCH3 is 1. The summed E-state index contributed by atoms with van der Waals surface area (Å²) in [5.74, 6) is -1.98. The molecule has 0 fully saturated rings. The summed E-state index contributed by atoms with van der Waals surface area (Å²) in [4.78, 5) is 21.7. The van der Waals surface area contributed by atoms with E-state index in [4.69, 9.17) is 5.11 Å². The number of carbonyl (C=O) groups excluding carboxylic acids is 1. The molecule has 0 amide bonds. The predicted octanol–water partition coefficient (Wildman–Crippen LogP) is 0.225. The number of esters is 1. The molecule has 0 saturated carbocycles. The molecule has 0 aliphatic heterocycles. The first-order valence-corrected chi connectivity index (χ1v) is 6.70. The van der Waals surface area contributed by atoms with Crippen molar-refractivity contribution in [2.75, 3.05) is 7.11 Å². The van der Waals surface area contributed by atoms with Gasteiger partial charge in [-0.05, 0) is 25.1 Å². The molecule has 0 spiro atoms. The monoisotopic (exact) mass is 287 g/mol. The van der Waals surface area contributed by atoms with E-state index in [2.05, 4.69) is 4.74 Å². The van der Waals surface area contributed by atoms with Crippen molar-refractivity contribution >= 4 is 22.0 Å². The van der Waals surface area contributed by atoms with E-state index in [1.807, 2.05) is 4.72 Å². The standard InChI is InChI=1S/C11H13NO6S/c1-7(10(13)14)12-19(16,17)9-5-3-4-8(6-9)11(15)18-2/h3-7,12H,1-2H3,(H,13,14). The number of benzene rings is 1. The fourth-order valence-electron chi connectivity index (χ4n) is 1.26. The lowest BCUT2D eigenvalue weighted by Gasteiger charge is -2.10. The Kier molecular flexibility index (Phi) is 4.62. The molecule has 1 unspecified atom stereocenters. The van der Waals surface area contributed by atoms with Crippen LogP contribution >= 0.6 is 0 Å². The van der Waals surface area contributed by atoms with Crippen molar-refractivity contribution < 1.29 is 27.9 Å². The average Bonchev–Trinajstić information content (AvgIpc) is 2.37. The van der Waals surface area contributed by atoms with Crippen LogP contribution in [-0.4, -0.2) is 38.6 Å². The minimum absolute atomic E-state index is 0.0633. The van der Waals surface area contributed by atoms with Gasteiger partial charge in [-0.25, -0.2) is 13.2 Å². The van der Waals surface area contributed by atoms with Crippen LogP contribution in [0.3, 0.4) is 0 Å². The molecule has 1 aromatic rings. The fraction of sp³-hybridized carbons (Fsp3) is 0.273. The Balaban J connectivity index is 3.08. The molecular formula is C11H13NO6S. The van der Waals surface area contributed by atoms with Gasteiger partial charge >= 0.3 is 11.9 Å². The Bertz CT molecular complexity index is 595. The quantitative estimate of drug-likeness (QED) is 0.750. The number of rotatable bonds is 5. The van der Waals surface area contributed by atoms with Crippen LogP contribution in [0.5, 0.6) is 0 Å². The van der Waals surface area contributed by atoms with Gasteiger partial charge in [0.15, 0.2) is 0 Å². The highest BCUT2D eigenvalue weighted by atomic mass is 32.2. The summed E-state index contributed by atoms with van der Waals surface area (Å²) in [6.07, 6.45) is 0. The van der Waals surface area contributed by atoms with Gasteiger partial charge < -0.3 is 9.84 Å². The van der Waals surface area contributed by atoms with Crippen LogP contribution in [0.2, 0.25) is 0 Å². The molecule has 0 aliphatic carbocycles. The highest BCUT2D eigenvalue weighted by Crippen LogP contribution is 2.12. The van der Waals surface area contributed by atoms with Crippen LogP contribution in [0.4, 0.5) is 0 Å². The SMILES string of the molecule is COC(=O)c1cccc(S(=O)(=O)NC(C)C(=O)O)c1. The lowest BCUT2D eigenvalue weighted by Crippen LogP contribution is -2.38. The number of hydrogen-bond donors (Lipinski definition) is 2. The van der Waals surface area contributed by atoms with E-state index in [0.717, 1.165) is 6.07 Å². The molecule has 19 heavy (non-hydrogen) atoms. The molecule has 0 heterocycles. The number of aliphatic carboxylic acids is 1. The van der Waals surface area contributed by atoms with Gasteiger partial charge in [0.2, 0.25) is 10.0 Å². The Morgan fingerprint density at radius 1 is 1.37 bits per heavy atom. The number of hydrogen-bond acceptors (Lipinski definition) is 5. The van der Waals surface area contributed by atoms with Crippen molar-refractivity contribution in [3.05, 3.63) is 29.8 Å². The highest BCUT2D eigenvalue weighted by molar-refractivity contribution is 7.89. The zero-order valence-electron chi connectivity index (χ0n) is 10.3. The summed E-state index contributed by atoms with van der Waals surface area (Å²) < 4.78 is 30.2. The minimum atomic E-state index is -4.01. The van der Waals surface area contributed by atoms with Gasteiger partial charge in [-0.2, -0.15) is 4.72 Å². The zero-order chi connectivity index (χ0) is 14.6. The summed E-state index contributed by atoms with van der Waals surface area (Å²) in [5, 5.41) is 8.67. The predicted molar refractivity (Wildman–Crippen MR) is 65.2 cm³/mol. The summed E-state index contributed by atoms with van der Waals surface area (Å²) in [5.41, 5.74) is 0.0633. The van der Waals surface area contributed by atoms with Crippen molar-refractivity contribution in [1.29, 1.82) is 0 Å². The van der Waals surface area contributed by atoms with Gasteiger partial charge in [0, 0.05) is 0 Å². The van der Waals surface area contributed by atoms with E-state index >= 15 is 0 Å². The number of sulfonamides is 1. The fourth-order valence-corrected chi connectivity index (χ4v) is 2.50. The summed E-state index contributed by atoms with van der Waals surface area (Å²) in [6, 6.07) is 3.86. The molecule has 0 radical (unpaired) electrons. The Morgan fingerprint density at radius 3 is 2.53 bits per heavy atom. The van der Waals surface area contributed by atoms with Gasteiger partial charge in [-0.3, -0.25) is 4.79 Å². The molecule has 0 aliphatic rings. The summed E-state index contributed by atoms with van der Waals surface area (Å²) in [7, 11) is -2.83. The first-order valence-electron chi connectivity index (χ1n) is 5.21. The second-order valence-corrected chi connectivity index (χ2v) is 5.41. The Labute approximate surface area is 110 Å². The van der Waals surface area contributed by atoms with E-state index < -0.39 is 28.0 Å². The van der Waals surface area contributed by atoms with Gasteiger partial charge in [0.25, 0.3) is 0 Å². The molecule has 1 aromatic carbocycles. The van der Waals surface area contributed by atoms with Crippen LogP contribution in [0, 0.1) is 0 Å². The van der Waals surface area contributed by atoms with E-state index in [-0.39, 0.29) is 10.5 Å². The average molecular weight is 287 g/mol. The van der Waals surface area contributed by atoms with E-state index in [9.17, 15) is 18.0 Å². The molecule has 8 heteroatoms. The van der Waals surface area contributed by atoms with Crippen LogP contribution in [0.1, 0.15) is 17.3 Å². The maximum atomic E-state index is 11.9. The number of nitrogens with one attached hydrogen (secondary N) is 1. The van der Waals surface area contributed by atoms with E-state index in [1.165, 1.54) is 32.2 Å². The van der Waals surface area contributed by atoms with Crippen molar-refractivity contribution in [2.45, 2.75) is 17.9 Å². The van der Waals surface area contributed by atoms with Crippen molar-refractivity contribution in [3.63, 3.8) is 0 Å². The molecule has 0 saturated heterocycles. The Hall–Kier alpha value is -1.93. The second-order valence-electron chi connectivity index (χ2n) is 3.70. The lowest BCUT2D eigenvalue weighted by molar-refractivity contribution is -0.138. The maximum absolute atomic E-state index is 11.9. The van der Waals surface area contributed by atoms with Gasteiger partial charge in [0.05, 0.1) is 17.6 Å². The molecular weight excluding hydrogens is 274 g/mol. The number of carboxylic acid groups (broad SMARTS) is 1. The highest BCUT2D eigenvalue weighted by Gasteiger charge is 2.22. The van der Waals surface area contributed by atoms with Crippen LogP contribution in [-0.2, 0) is 19.6 Å². The van der Waals surface area contributed by atoms with E-state index in [0.29, 0.717) is 0 Å². The maximum Gasteiger partial charge on any atom is 0.337 e. The third kappa shape index (κ3) is 3.76. The van der Waals surface area contributed by atoms with E-state index in [1.54, 1.807) is 0 Å². The van der Waals surface area contributed by atoms with Crippen LogP contribution in [0.25, 0.3) is 0 Å². The summed E-state index contributed by atoms with van der Waals surface area (Å²) in [6.45, 7) is 1.20.